The smallest absolute Gasteiger partial charge is 0.228 e. The number of rotatable bonds is 8. The van der Waals surface area contributed by atoms with E-state index in [4.69, 9.17) is 0 Å². The zero-order chi connectivity index (χ0) is 26.6. The van der Waals surface area contributed by atoms with Crippen LogP contribution in [0.1, 0.15) is 37.7 Å². The number of halogens is 2. The number of imidazole rings is 1. The van der Waals surface area contributed by atoms with Crippen LogP contribution in [0.25, 0.3) is 22.2 Å². The van der Waals surface area contributed by atoms with Gasteiger partial charge in [-0.15, -0.1) is 0 Å². The number of nitrogens with zero attached hydrogens (tertiary/aromatic N) is 6. The van der Waals surface area contributed by atoms with Gasteiger partial charge in [0.15, 0.2) is 5.82 Å². The van der Waals surface area contributed by atoms with E-state index >= 15 is 0 Å². The molecule has 0 radical (unpaired) electrons. The highest BCUT2D eigenvalue weighted by atomic mass is 19.1. The summed E-state index contributed by atoms with van der Waals surface area (Å²) in [5.74, 6) is 1.95. The average molecular weight is 519 g/mol. The van der Waals surface area contributed by atoms with Crippen LogP contribution in [0, 0.1) is 30.4 Å². The van der Waals surface area contributed by atoms with Gasteiger partial charge in [-0.3, -0.25) is 4.90 Å². The fourth-order valence-electron chi connectivity index (χ4n) is 6.01. The fraction of sp³-hybridized carbons (Fsp3) is 0.429. The molecule has 38 heavy (non-hydrogen) atoms. The van der Waals surface area contributed by atoms with Gasteiger partial charge >= 0.3 is 0 Å². The van der Waals surface area contributed by atoms with Crippen LogP contribution in [-0.4, -0.2) is 55.6 Å². The van der Waals surface area contributed by atoms with Crippen molar-refractivity contribution in [3.05, 3.63) is 59.8 Å². The van der Waals surface area contributed by atoms with E-state index in [1.165, 1.54) is 12.5 Å². The summed E-state index contributed by atoms with van der Waals surface area (Å²) in [7, 11) is 2.01. The molecule has 1 aliphatic heterocycles. The highest BCUT2D eigenvalue weighted by Gasteiger charge is 2.52. The van der Waals surface area contributed by atoms with E-state index in [1.807, 2.05) is 44.8 Å². The zero-order valence-corrected chi connectivity index (χ0v) is 22.0. The summed E-state index contributed by atoms with van der Waals surface area (Å²) < 4.78 is 31.8. The van der Waals surface area contributed by atoms with Crippen molar-refractivity contribution in [2.24, 2.45) is 11.8 Å². The normalized spacial score (nSPS) is 20.9. The van der Waals surface area contributed by atoms with Gasteiger partial charge in [0.1, 0.15) is 23.0 Å². The lowest BCUT2D eigenvalue weighted by atomic mass is 10.0. The Balaban J connectivity index is 1.21. The van der Waals surface area contributed by atoms with Gasteiger partial charge in [0.2, 0.25) is 5.95 Å². The molecular weight excluding hydrogens is 486 g/mol. The van der Waals surface area contributed by atoms with Crippen molar-refractivity contribution in [2.45, 2.75) is 45.8 Å². The molecule has 3 atom stereocenters. The maximum absolute atomic E-state index is 15.0. The summed E-state index contributed by atoms with van der Waals surface area (Å²) in [4.78, 5) is 20.0. The highest BCUT2D eigenvalue weighted by molar-refractivity contribution is 5.84. The molecule has 8 nitrogen and oxygen atoms in total. The molecule has 2 N–H and O–H groups in total. The Morgan fingerprint density at radius 3 is 2.58 bits per heavy atom. The summed E-state index contributed by atoms with van der Waals surface area (Å²) in [6, 6.07) is 5.41. The predicted octanol–water partition coefficient (Wildman–Crippen LogP) is 4.84. The van der Waals surface area contributed by atoms with Gasteiger partial charge in [-0.25, -0.2) is 28.7 Å². The van der Waals surface area contributed by atoms with E-state index in [0.717, 1.165) is 43.2 Å². The van der Waals surface area contributed by atoms with E-state index in [-0.39, 0.29) is 17.1 Å². The number of hydrogen-bond donors (Lipinski definition) is 2. The Morgan fingerprint density at radius 2 is 1.84 bits per heavy atom. The van der Waals surface area contributed by atoms with E-state index < -0.39 is 11.6 Å². The first kappa shape index (κ1) is 24.8. The number of hydrogen-bond acceptors (Lipinski definition) is 7. The Morgan fingerprint density at radius 1 is 1.05 bits per heavy atom. The molecule has 4 heterocycles. The van der Waals surface area contributed by atoms with E-state index in [2.05, 4.69) is 35.5 Å². The molecule has 1 saturated carbocycles. The van der Waals surface area contributed by atoms with Gasteiger partial charge in [0, 0.05) is 48.7 Å². The van der Waals surface area contributed by atoms with Gasteiger partial charge in [0.05, 0.1) is 11.7 Å². The molecule has 1 saturated heterocycles. The largest absolute Gasteiger partial charge is 0.326 e. The molecule has 0 bridgehead atoms. The maximum Gasteiger partial charge on any atom is 0.228 e. The molecule has 3 aromatic heterocycles. The minimum absolute atomic E-state index is 0.0835. The third-order valence-electron chi connectivity index (χ3n) is 7.75. The summed E-state index contributed by atoms with van der Waals surface area (Å²) in [5.41, 5.74) is 2.62. The molecule has 6 rings (SSSR count). The topological polar surface area (TPSA) is 83.8 Å². The van der Waals surface area contributed by atoms with E-state index in [9.17, 15) is 8.78 Å². The number of fused-ring (bicyclic) bond motifs is 2. The Labute approximate surface area is 220 Å². The zero-order valence-electron chi connectivity index (χ0n) is 22.0. The monoisotopic (exact) mass is 518 g/mol. The number of piperidine rings is 1. The molecule has 10 heteroatoms. The highest BCUT2D eigenvalue weighted by Crippen LogP contribution is 2.48. The van der Waals surface area contributed by atoms with Gasteiger partial charge in [-0.2, -0.15) is 0 Å². The molecule has 0 amide bonds. The molecule has 2 fully saturated rings. The number of nitrogens with one attached hydrogen (secondary N) is 2. The molecular formula is C28H32F2N8. The number of aromatic nitrogens is 5. The first-order valence-electron chi connectivity index (χ1n) is 13.1. The Kier molecular flexibility index (Phi) is 6.31. The summed E-state index contributed by atoms with van der Waals surface area (Å²) in [6.07, 6.45) is 6.05. The number of anilines is 2. The van der Waals surface area contributed by atoms with Crippen LogP contribution in [-0.2, 0) is 6.54 Å². The number of aryl methyl sites for hydroxylation is 1. The Hall–Kier alpha value is -3.50. The van der Waals surface area contributed by atoms with E-state index in [1.54, 1.807) is 12.1 Å². The molecule has 1 aromatic carbocycles. The first-order valence-corrected chi connectivity index (χ1v) is 13.1. The third-order valence-corrected chi connectivity index (χ3v) is 7.75. The molecule has 2 aliphatic rings. The minimum Gasteiger partial charge on any atom is -0.326 e. The second-order valence-electron chi connectivity index (χ2n) is 10.8. The molecule has 1 aliphatic carbocycles. The minimum atomic E-state index is -0.543. The average Bonchev–Trinajstić information content (AvgIpc) is 3.51. The standard InChI is InChI=1S/C28H32F2N8/c1-15(2)38-16(3)35-27-22(29)5-18(6-25(27)38)20-8-26(32-12-23(20)30)36-28-33-9-17(10-34-28)13-37-14-19(11-31-4)21-7-24(21)37/h5-6,8-10,12,15,19,21,24,31H,7,11,13-14H2,1-4H3,(H,32,33,34,36)/t19-,21-,24?/m0/s1. The van der Waals surface area contributed by atoms with Gasteiger partial charge in [-0.05, 0) is 76.4 Å². The van der Waals surface area contributed by atoms with Crippen LogP contribution >= 0.6 is 0 Å². The SMILES string of the molecule is CNC[C@H]1CN(Cc2cnc(Nc3cc(-c4cc(F)c5nc(C)n(C(C)C)c5c4)c(F)cn3)nc2)C2C[C@H]21. The lowest BCUT2D eigenvalue weighted by molar-refractivity contribution is 0.267. The van der Waals surface area contributed by atoms with Crippen molar-refractivity contribution in [1.29, 1.82) is 0 Å². The molecule has 1 unspecified atom stereocenters. The number of benzene rings is 1. The maximum atomic E-state index is 15.0. The van der Waals surface area contributed by atoms with Crippen LogP contribution < -0.4 is 10.6 Å². The summed E-state index contributed by atoms with van der Waals surface area (Å²) >= 11 is 0. The quantitative estimate of drug-likeness (QED) is 0.345. The summed E-state index contributed by atoms with van der Waals surface area (Å²) in [5, 5.41) is 6.36. The molecule has 0 spiro atoms. The van der Waals surface area contributed by atoms with Crippen molar-refractivity contribution < 1.29 is 8.78 Å². The van der Waals surface area contributed by atoms with Crippen LogP contribution in [0.4, 0.5) is 20.5 Å². The van der Waals surface area contributed by atoms with Crippen LogP contribution in [0.15, 0.2) is 36.8 Å². The molecule has 198 valence electrons. The summed E-state index contributed by atoms with van der Waals surface area (Å²) in [6.45, 7) is 8.85. The lowest BCUT2D eigenvalue weighted by Crippen LogP contribution is -2.28. The number of likely N-dealkylation sites (tertiary alicyclic amines) is 1. The van der Waals surface area contributed by atoms with Gasteiger partial charge < -0.3 is 15.2 Å². The van der Waals surface area contributed by atoms with Crippen molar-refractivity contribution in [2.75, 3.05) is 25.5 Å². The lowest BCUT2D eigenvalue weighted by Gasteiger charge is -2.20. The predicted molar refractivity (Wildman–Crippen MR) is 143 cm³/mol. The van der Waals surface area contributed by atoms with Gasteiger partial charge in [-0.1, -0.05) is 0 Å². The number of pyridine rings is 1. The Bertz CT molecular complexity index is 1480. The van der Waals surface area contributed by atoms with E-state index in [0.29, 0.717) is 34.7 Å². The van der Waals surface area contributed by atoms with Crippen LogP contribution in [0.5, 0.6) is 0 Å². The fourth-order valence-corrected chi connectivity index (χ4v) is 6.01. The van der Waals surface area contributed by atoms with Crippen molar-refractivity contribution >= 4 is 22.8 Å². The molecule has 4 aromatic rings. The van der Waals surface area contributed by atoms with Crippen molar-refractivity contribution in [3.8, 4) is 11.1 Å². The third kappa shape index (κ3) is 4.52. The first-order chi connectivity index (χ1) is 18.3. The van der Waals surface area contributed by atoms with Crippen LogP contribution in [0.3, 0.4) is 0 Å². The van der Waals surface area contributed by atoms with Crippen LogP contribution in [0.2, 0.25) is 0 Å². The second kappa shape index (κ2) is 9.67. The van der Waals surface area contributed by atoms with Crippen molar-refractivity contribution in [1.82, 2.24) is 34.7 Å². The van der Waals surface area contributed by atoms with Gasteiger partial charge in [0.25, 0.3) is 0 Å². The second-order valence-corrected chi connectivity index (χ2v) is 10.8. The van der Waals surface area contributed by atoms with Crippen molar-refractivity contribution in [3.63, 3.8) is 0 Å².